The van der Waals surface area contributed by atoms with E-state index in [1.54, 1.807) is 4.90 Å². The molecular weight excluding hydrogens is 396 g/mol. The van der Waals surface area contributed by atoms with Gasteiger partial charge in [0.05, 0.1) is 11.4 Å². The molecule has 0 bridgehead atoms. The number of nitrogens with zero attached hydrogens (tertiary/aromatic N) is 2. The van der Waals surface area contributed by atoms with E-state index in [1.807, 2.05) is 55.6 Å². The van der Waals surface area contributed by atoms with Crippen LogP contribution in [0.5, 0.6) is 0 Å². The van der Waals surface area contributed by atoms with Gasteiger partial charge in [0, 0.05) is 29.9 Å². The van der Waals surface area contributed by atoms with Crippen LogP contribution in [0, 0.1) is 0 Å². The van der Waals surface area contributed by atoms with Crippen LogP contribution in [0.2, 0.25) is 0 Å². The van der Waals surface area contributed by atoms with Crippen LogP contribution < -0.4 is 9.80 Å². The largest absolute Gasteiger partial charge is 0.328 e. The summed E-state index contributed by atoms with van der Waals surface area (Å²) in [6, 6.07) is 28.7. The predicted octanol–water partition coefficient (Wildman–Crippen LogP) is 5.58. The summed E-state index contributed by atoms with van der Waals surface area (Å²) in [5.41, 5.74) is 4.68. The topological polar surface area (TPSA) is 32.8 Å². The van der Waals surface area contributed by atoms with E-state index in [0.717, 1.165) is 44.4 Å². The van der Waals surface area contributed by atoms with Crippen molar-refractivity contribution in [2.75, 3.05) is 16.8 Å². The van der Waals surface area contributed by atoms with Crippen LogP contribution in [-0.2, 0) is 15.1 Å². The third kappa shape index (κ3) is 2.03. The Balaban J connectivity index is 1.62. The maximum atomic E-state index is 14.1. The minimum atomic E-state index is -1.21. The lowest BCUT2D eigenvalue weighted by atomic mass is 9.80. The number of para-hydroxylation sites is 1. The van der Waals surface area contributed by atoms with E-state index >= 15 is 0 Å². The number of hydrogen-bond donors (Lipinski definition) is 0. The minimum Gasteiger partial charge on any atom is -0.328 e. The Morgan fingerprint density at radius 2 is 1.62 bits per heavy atom. The Kier molecular flexibility index (Phi) is 3.38. The van der Waals surface area contributed by atoms with Gasteiger partial charge in [-0.25, -0.2) is 0 Å². The van der Waals surface area contributed by atoms with Gasteiger partial charge in [0.2, 0.25) is 5.60 Å². The van der Waals surface area contributed by atoms with Gasteiger partial charge in [-0.1, -0.05) is 72.8 Å². The number of likely N-dealkylation sites (N-methyl/N-ethyl adjacent to an activating group) is 1. The number of ether oxygens (including phenoxy) is 1. The Morgan fingerprint density at radius 1 is 0.844 bits per heavy atom. The van der Waals surface area contributed by atoms with Gasteiger partial charge in [-0.15, -0.1) is 0 Å². The van der Waals surface area contributed by atoms with Crippen molar-refractivity contribution < 1.29 is 9.53 Å². The fraction of sp³-hybridized carbons (Fsp3) is 0.107. The normalized spacial score (nSPS) is 22.7. The Morgan fingerprint density at radius 3 is 2.56 bits per heavy atom. The summed E-state index contributed by atoms with van der Waals surface area (Å²) in [5.74, 6) is -0.0528. The molecule has 4 aromatic rings. The molecule has 0 radical (unpaired) electrons. The molecule has 3 aliphatic heterocycles. The zero-order valence-corrected chi connectivity index (χ0v) is 17.5. The van der Waals surface area contributed by atoms with Crippen LogP contribution >= 0.6 is 0 Å². The van der Waals surface area contributed by atoms with Gasteiger partial charge in [0.25, 0.3) is 5.91 Å². The van der Waals surface area contributed by atoms with Gasteiger partial charge >= 0.3 is 0 Å². The van der Waals surface area contributed by atoms with E-state index in [0.29, 0.717) is 0 Å². The lowest BCUT2D eigenvalue weighted by molar-refractivity contribution is -0.147. The van der Waals surface area contributed by atoms with Crippen LogP contribution in [-0.4, -0.2) is 13.0 Å². The molecule has 154 valence electrons. The van der Waals surface area contributed by atoms with Gasteiger partial charge in [-0.05, 0) is 34.5 Å². The second-order valence-electron chi connectivity index (χ2n) is 8.57. The predicted molar refractivity (Wildman–Crippen MR) is 126 cm³/mol. The standard InChI is InChI=1S/C28H20N2O2/c1-29-23-13-7-6-12-22(23)28(27(29)31)25-20-10-4-2-8-18(20)14-15-24(25)30-17-16-19-9-3-5-11-21(19)26(30)32-28/h2-17,26H,1H3/t26-,28+/m0/s1. The Hall–Kier alpha value is -3.89. The van der Waals surface area contributed by atoms with Crippen LogP contribution in [0.4, 0.5) is 11.4 Å². The van der Waals surface area contributed by atoms with Gasteiger partial charge in [0.1, 0.15) is 0 Å². The van der Waals surface area contributed by atoms with Crippen molar-refractivity contribution in [3.63, 3.8) is 0 Å². The SMILES string of the molecule is CN1C(=O)[C@@]2(O[C@H]3c4ccccc4C=CN3c3ccc4ccccc4c32)c2ccccc21. The molecule has 1 amide bonds. The van der Waals surface area contributed by atoms with Crippen molar-refractivity contribution in [3.05, 3.63) is 113 Å². The van der Waals surface area contributed by atoms with Gasteiger partial charge in [0.15, 0.2) is 6.23 Å². The zero-order valence-electron chi connectivity index (χ0n) is 17.5. The molecule has 32 heavy (non-hydrogen) atoms. The molecule has 3 aliphatic rings. The van der Waals surface area contributed by atoms with Crippen molar-refractivity contribution >= 4 is 34.1 Å². The number of anilines is 2. The van der Waals surface area contributed by atoms with E-state index in [-0.39, 0.29) is 5.91 Å². The maximum Gasteiger partial charge on any atom is 0.268 e. The number of rotatable bonds is 0. The van der Waals surface area contributed by atoms with Gasteiger partial charge in [-0.2, -0.15) is 0 Å². The van der Waals surface area contributed by atoms with Crippen molar-refractivity contribution in [2.45, 2.75) is 11.8 Å². The first-order chi connectivity index (χ1) is 15.7. The fourth-order valence-electron chi connectivity index (χ4n) is 5.55. The lowest BCUT2D eigenvalue weighted by Crippen LogP contribution is -2.50. The molecule has 0 saturated carbocycles. The molecule has 1 spiro atoms. The van der Waals surface area contributed by atoms with Crippen LogP contribution in [0.3, 0.4) is 0 Å². The molecule has 0 aliphatic carbocycles. The van der Waals surface area contributed by atoms with Crippen molar-refractivity contribution in [1.82, 2.24) is 0 Å². The second kappa shape index (κ2) is 6.09. The van der Waals surface area contributed by atoms with Crippen molar-refractivity contribution in [3.8, 4) is 0 Å². The third-order valence-electron chi connectivity index (χ3n) is 7.01. The molecule has 0 fully saturated rings. The van der Waals surface area contributed by atoms with E-state index in [9.17, 15) is 4.79 Å². The lowest BCUT2D eigenvalue weighted by Gasteiger charge is -2.47. The molecule has 3 heterocycles. The highest BCUT2D eigenvalue weighted by Gasteiger charge is 2.58. The Labute approximate surface area is 186 Å². The number of hydrogen-bond acceptors (Lipinski definition) is 3. The number of benzene rings is 4. The molecule has 0 unspecified atom stereocenters. The smallest absolute Gasteiger partial charge is 0.268 e. The quantitative estimate of drug-likeness (QED) is 0.375. The average molecular weight is 416 g/mol. The molecule has 4 nitrogen and oxygen atoms in total. The molecule has 7 rings (SSSR count). The molecule has 2 atom stereocenters. The molecule has 0 N–H and O–H groups in total. The van der Waals surface area contributed by atoms with Crippen LogP contribution in [0.15, 0.2) is 91.1 Å². The van der Waals surface area contributed by atoms with Crippen LogP contribution in [0.1, 0.15) is 28.5 Å². The summed E-state index contributed by atoms with van der Waals surface area (Å²) in [5, 5.41) is 2.13. The molecule has 4 heteroatoms. The molecule has 4 aromatic carbocycles. The summed E-state index contributed by atoms with van der Waals surface area (Å²) in [4.78, 5) is 18.0. The highest BCUT2D eigenvalue weighted by Crippen LogP contribution is 2.58. The number of amides is 1. The van der Waals surface area contributed by atoms with E-state index in [1.165, 1.54) is 0 Å². The van der Waals surface area contributed by atoms with E-state index in [4.69, 9.17) is 4.74 Å². The summed E-state index contributed by atoms with van der Waals surface area (Å²) in [6.07, 6.45) is 3.79. The zero-order chi connectivity index (χ0) is 21.4. The summed E-state index contributed by atoms with van der Waals surface area (Å²) in [7, 11) is 1.84. The summed E-state index contributed by atoms with van der Waals surface area (Å²) in [6.45, 7) is 0. The van der Waals surface area contributed by atoms with E-state index in [2.05, 4.69) is 53.6 Å². The van der Waals surface area contributed by atoms with Crippen molar-refractivity contribution in [1.29, 1.82) is 0 Å². The monoisotopic (exact) mass is 416 g/mol. The van der Waals surface area contributed by atoms with Crippen LogP contribution in [0.25, 0.3) is 16.8 Å². The van der Waals surface area contributed by atoms with Gasteiger partial charge in [-0.3, -0.25) is 4.79 Å². The van der Waals surface area contributed by atoms with Crippen molar-refractivity contribution in [2.24, 2.45) is 0 Å². The highest BCUT2D eigenvalue weighted by atomic mass is 16.5. The average Bonchev–Trinajstić information content (AvgIpc) is 3.06. The maximum absolute atomic E-state index is 14.1. The number of fused-ring (bicyclic) bond motifs is 10. The minimum absolute atomic E-state index is 0.0528. The highest BCUT2D eigenvalue weighted by molar-refractivity contribution is 6.13. The third-order valence-corrected chi connectivity index (χ3v) is 7.01. The molecule has 0 aromatic heterocycles. The first kappa shape index (κ1) is 17.8. The first-order valence-corrected chi connectivity index (χ1v) is 10.8. The van der Waals surface area contributed by atoms with E-state index < -0.39 is 11.8 Å². The molecule has 0 saturated heterocycles. The summed E-state index contributed by atoms with van der Waals surface area (Å²) >= 11 is 0. The molecular formula is C28H20N2O2. The number of carbonyl (C=O) groups excluding carboxylic acids is 1. The Bertz CT molecular complexity index is 1470. The summed E-state index contributed by atoms with van der Waals surface area (Å²) < 4.78 is 6.99. The second-order valence-corrected chi connectivity index (χ2v) is 8.57. The van der Waals surface area contributed by atoms with Gasteiger partial charge < -0.3 is 14.5 Å². The first-order valence-electron chi connectivity index (χ1n) is 10.8. The fourth-order valence-corrected chi connectivity index (χ4v) is 5.55. The number of carbonyl (C=O) groups is 1.